The molecule has 2 N–H and O–H groups in total. The standard InChI is InChI=1S/C12H18N2OS/c1-12(2,3)11-10-8(15)4-7(6-13)5-9(10)16-14-11/h7H,4-6,13H2,1-3H3. The quantitative estimate of drug-likeness (QED) is 0.815. The van der Waals surface area contributed by atoms with Crippen molar-refractivity contribution >= 4 is 17.3 Å². The Hall–Kier alpha value is -0.740. The zero-order valence-corrected chi connectivity index (χ0v) is 10.9. The van der Waals surface area contributed by atoms with Gasteiger partial charge in [-0.1, -0.05) is 20.8 Å². The largest absolute Gasteiger partial charge is 0.330 e. The molecule has 0 aliphatic heterocycles. The number of hydrogen-bond acceptors (Lipinski definition) is 4. The number of Topliss-reactive ketones (excluding diaryl/α,β-unsaturated/α-hetero) is 1. The summed E-state index contributed by atoms with van der Waals surface area (Å²) in [6, 6.07) is 0. The highest BCUT2D eigenvalue weighted by atomic mass is 32.1. The van der Waals surface area contributed by atoms with Crippen molar-refractivity contribution in [3.63, 3.8) is 0 Å². The maximum atomic E-state index is 12.1. The number of aromatic nitrogens is 1. The van der Waals surface area contributed by atoms with Crippen LogP contribution in [0.5, 0.6) is 0 Å². The van der Waals surface area contributed by atoms with Crippen LogP contribution in [0.25, 0.3) is 0 Å². The smallest absolute Gasteiger partial charge is 0.166 e. The molecule has 1 atom stereocenters. The molecule has 1 aromatic rings. The number of nitrogens with zero attached hydrogens (tertiary/aromatic N) is 1. The second kappa shape index (κ2) is 3.93. The Labute approximate surface area is 100 Å². The Morgan fingerprint density at radius 1 is 1.44 bits per heavy atom. The molecule has 0 amide bonds. The molecule has 0 spiro atoms. The van der Waals surface area contributed by atoms with Crippen molar-refractivity contribution < 1.29 is 4.79 Å². The van der Waals surface area contributed by atoms with Gasteiger partial charge in [0.25, 0.3) is 0 Å². The molecule has 0 bridgehead atoms. The summed E-state index contributed by atoms with van der Waals surface area (Å²) in [5.74, 6) is 0.545. The van der Waals surface area contributed by atoms with Gasteiger partial charge in [-0.2, -0.15) is 4.37 Å². The van der Waals surface area contributed by atoms with Crippen molar-refractivity contribution in [3.05, 3.63) is 16.1 Å². The van der Waals surface area contributed by atoms with Crippen LogP contribution in [0.1, 0.15) is 48.1 Å². The van der Waals surface area contributed by atoms with Crippen LogP contribution < -0.4 is 5.73 Å². The summed E-state index contributed by atoms with van der Waals surface area (Å²) in [5.41, 5.74) is 7.46. The maximum Gasteiger partial charge on any atom is 0.166 e. The average molecular weight is 238 g/mol. The van der Waals surface area contributed by atoms with Crippen LogP contribution in [-0.2, 0) is 11.8 Å². The van der Waals surface area contributed by atoms with Crippen molar-refractivity contribution in [1.82, 2.24) is 4.37 Å². The van der Waals surface area contributed by atoms with E-state index in [2.05, 4.69) is 25.1 Å². The van der Waals surface area contributed by atoms with Crippen LogP contribution >= 0.6 is 11.5 Å². The summed E-state index contributed by atoms with van der Waals surface area (Å²) in [4.78, 5) is 13.2. The molecule has 4 heteroatoms. The average Bonchev–Trinajstić information content (AvgIpc) is 2.60. The minimum absolute atomic E-state index is 0.0463. The first kappa shape index (κ1) is 11.7. The Bertz CT molecular complexity index is 417. The van der Waals surface area contributed by atoms with Gasteiger partial charge in [0.15, 0.2) is 5.78 Å². The fourth-order valence-corrected chi connectivity index (χ4v) is 3.31. The van der Waals surface area contributed by atoms with Crippen molar-refractivity contribution in [2.24, 2.45) is 11.7 Å². The van der Waals surface area contributed by atoms with Crippen LogP contribution in [-0.4, -0.2) is 16.7 Å². The van der Waals surface area contributed by atoms with Crippen molar-refractivity contribution in [2.45, 2.75) is 39.0 Å². The normalized spacial score (nSPS) is 21.0. The summed E-state index contributed by atoms with van der Waals surface area (Å²) in [6.07, 6.45) is 1.51. The van der Waals surface area contributed by atoms with E-state index in [1.54, 1.807) is 0 Å². The highest BCUT2D eigenvalue weighted by Crippen LogP contribution is 2.35. The molecule has 0 aromatic carbocycles. The predicted octanol–water partition coefficient (Wildman–Crippen LogP) is 2.14. The molecule has 1 heterocycles. The molecule has 1 aliphatic rings. The number of carbonyl (C=O) groups excluding carboxylic acids is 1. The second-order valence-corrected chi connectivity index (χ2v) is 6.37. The van der Waals surface area contributed by atoms with Gasteiger partial charge in [0.2, 0.25) is 0 Å². The van der Waals surface area contributed by atoms with E-state index in [0.29, 0.717) is 18.9 Å². The Kier molecular flexibility index (Phi) is 2.88. The zero-order chi connectivity index (χ0) is 11.9. The van der Waals surface area contributed by atoms with Crippen LogP contribution in [0.3, 0.4) is 0 Å². The molecule has 3 nitrogen and oxygen atoms in total. The molecular formula is C12H18N2OS. The molecule has 16 heavy (non-hydrogen) atoms. The second-order valence-electron chi connectivity index (χ2n) is 5.51. The van der Waals surface area contributed by atoms with Gasteiger partial charge >= 0.3 is 0 Å². The summed E-state index contributed by atoms with van der Waals surface area (Å²) in [7, 11) is 0. The topological polar surface area (TPSA) is 56.0 Å². The SMILES string of the molecule is CC(C)(C)c1nsc2c1C(=O)CC(CN)C2. The molecule has 1 aliphatic carbocycles. The lowest BCUT2D eigenvalue weighted by Gasteiger charge is -2.23. The van der Waals surface area contributed by atoms with Crippen LogP contribution in [0, 0.1) is 5.92 Å². The van der Waals surface area contributed by atoms with Crippen LogP contribution in [0.4, 0.5) is 0 Å². The number of rotatable bonds is 1. The molecule has 0 fully saturated rings. The zero-order valence-electron chi connectivity index (χ0n) is 10.0. The maximum absolute atomic E-state index is 12.1. The molecule has 88 valence electrons. The van der Waals surface area contributed by atoms with Gasteiger partial charge in [0.05, 0.1) is 11.3 Å². The van der Waals surface area contributed by atoms with E-state index in [0.717, 1.165) is 22.6 Å². The fraction of sp³-hybridized carbons (Fsp3) is 0.667. The monoisotopic (exact) mass is 238 g/mol. The van der Waals surface area contributed by atoms with Crippen molar-refractivity contribution in [1.29, 1.82) is 0 Å². The summed E-state index contributed by atoms with van der Waals surface area (Å²) >= 11 is 1.48. The van der Waals surface area contributed by atoms with Gasteiger partial charge < -0.3 is 5.73 Å². The van der Waals surface area contributed by atoms with Crippen molar-refractivity contribution in [3.8, 4) is 0 Å². The lowest BCUT2D eigenvalue weighted by atomic mass is 9.81. The van der Waals surface area contributed by atoms with E-state index >= 15 is 0 Å². The molecule has 0 radical (unpaired) electrons. The van der Waals surface area contributed by atoms with E-state index in [1.807, 2.05) is 0 Å². The first-order chi connectivity index (χ1) is 7.43. The van der Waals surface area contributed by atoms with E-state index in [-0.39, 0.29) is 11.2 Å². The lowest BCUT2D eigenvalue weighted by Crippen LogP contribution is -2.27. The van der Waals surface area contributed by atoms with Crippen molar-refractivity contribution in [2.75, 3.05) is 6.54 Å². The number of hydrogen-bond donors (Lipinski definition) is 1. The molecule has 2 rings (SSSR count). The Morgan fingerprint density at radius 3 is 2.69 bits per heavy atom. The lowest BCUT2D eigenvalue weighted by molar-refractivity contribution is 0.0949. The minimum atomic E-state index is -0.0463. The fourth-order valence-electron chi connectivity index (χ4n) is 2.13. The third-order valence-electron chi connectivity index (χ3n) is 3.03. The molecular weight excluding hydrogens is 220 g/mol. The Morgan fingerprint density at radius 2 is 2.12 bits per heavy atom. The molecule has 0 saturated heterocycles. The van der Waals surface area contributed by atoms with E-state index in [9.17, 15) is 4.79 Å². The van der Waals surface area contributed by atoms with Gasteiger partial charge in [0, 0.05) is 16.7 Å². The molecule has 1 unspecified atom stereocenters. The van der Waals surface area contributed by atoms with Gasteiger partial charge in [-0.05, 0) is 30.4 Å². The van der Waals surface area contributed by atoms with Gasteiger partial charge in [-0.15, -0.1) is 0 Å². The number of fused-ring (bicyclic) bond motifs is 1. The predicted molar refractivity (Wildman–Crippen MR) is 66.0 cm³/mol. The number of ketones is 1. The number of carbonyl (C=O) groups is 1. The van der Waals surface area contributed by atoms with Gasteiger partial charge in [-0.25, -0.2) is 0 Å². The number of nitrogens with two attached hydrogens (primary N) is 1. The highest BCUT2D eigenvalue weighted by molar-refractivity contribution is 7.06. The summed E-state index contributed by atoms with van der Waals surface area (Å²) in [6.45, 7) is 6.90. The first-order valence-electron chi connectivity index (χ1n) is 5.65. The Balaban J connectivity index is 2.44. The van der Waals surface area contributed by atoms with Crippen LogP contribution in [0.15, 0.2) is 0 Å². The third kappa shape index (κ3) is 1.92. The van der Waals surface area contributed by atoms with Crippen LogP contribution in [0.2, 0.25) is 0 Å². The minimum Gasteiger partial charge on any atom is -0.330 e. The van der Waals surface area contributed by atoms with Gasteiger partial charge in [-0.3, -0.25) is 4.79 Å². The van der Waals surface area contributed by atoms with E-state index in [1.165, 1.54) is 11.5 Å². The highest BCUT2D eigenvalue weighted by Gasteiger charge is 2.33. The van der Waals surface area contributed by atoms with E-state index in [4.69, 9.17) is 5.73 Å². The third-order valence-corrected chi connectivity index (χ3v) is 3.90. The summed E-state index contributed by atoms with van der Waals surface area (Å²) < 4.78 is 4.47. The summed E-state index contributed by atoms with van der Waals surface area (Å²) in [5, 5.41) is 0. The first-order valence-corrected chi connectivity index (χ1v) is 6.43. The molecule has 1 aromatic heterocycles. The van der Waals surface area contributed by atoms with Gasteiger partial charge in [0.1, 0.15) is 0 Å². The molecule has 0 saturated carbocycles. The van der Waals surface area contributed by atoms with E-state index < -0.39 is 0 Å².